The van der Waals surface area contributed by atoms with Gasteiger partial charge >= 0.3 is 0 Å². The Morgan fingerprint density at radius 2 is 1.94 bits per heavy atom. The second-order valence-electron chi connectivity index (χ2n) is 4.56. The van der Waals surface area contributed by atoms with Gasteiger partial charge in [-0.05, 0) is 35.7 Å². The zero-order chi connectivity index (χ0) is 12.3. The van der Waals surface area contributed by atoms with Gasteiger partial charge in [-0.25, -0.2) is 4.98 Å². The first-order valence-corrected chi connectivity index (χ1v) is 6.26. The molecule has 0 aromatic carbocycles. The number of halogens is 1. The van der Waals surface area contributed by atoms with Crippen molar-refractivity contribution in [3.8, 4) is 0 Å². The van der Waals surface area contributed by atoms with Gasteiger partial charge in [0.05, 0.1) is 0 Å². The number of aromatic nitrogens is 2. The molecule has 1 aromatic rings. The quantitative estimate of drug-likeness (QED) is 0.865. The van der Waals surface area contributed by atoms with Crippen LogP contribution in [0, 0.1) is 5.92 Å². The molecular formula is C11H19BrN4. The summed E-state index contributed by atoms with van der Waals surface area (Å²) in [6, 6.07) is 2.06. The minimum atomic E-state index is 0.357. The maximum absolute atomic E-state index is 5.72. The van der Waals surface area contributed by atoms with Crippen molar-refractivity contribution in [2.24, 2.45) is 5.92 Å². The van der Waals surface area contributed by atoms with E-state index in [0.29, 0.717) is 23.7 Å². The maximum Gasteiger partial charge on any atom is 0.228 e. The first-order valence-electron chi connectivity index (χ1n) is 5.47. The van der Waals surface area contributed by atoms with Crippen molar-refractivity contribution in [1.29, 1.82) is 0 Å². The molecular weight excluding hydrogens is 268 g/mol. The number of nitrogen functional groups attached to an aromatic ring is 1. The Morgan fingerprint density at radius 1 is 1.31 bits per heavy atom. The fraction of sp³-hybridized carbons (Fsp3) is 0.636. The predicted molar refractivity (Wildman–Crippen MR) is 71.5 cm³/mol. The zero-order valence-corrected chi connectivity index (χ0v) is 11.8. The molecule has 5 heteroatoms. The van der Waals surface area contributed by atoms with Crippen molar-refractivity contribution in [2.75, 3.05) is 17.2 Å². The van der Waals surface area contributed by atoms with Crippen LogP contribution in [0.15, 0.2) is 10.7 Å². The number of nitrogens with zero attached hydrogens (tertiary/aromatic N) is 3. The van der Waals surface area contributed by atoms with Gasteiger partial charge < -0.3 is 10.6 Å². The zero-order valence-electron chi connectivity index (χ0n) is 10.2. The average molecular weight is 287 g/mol. The lowest BCUT2D eigenvalue weighted by Gasteiger charge is -2.28. The fourth-order valence-electron chi connectivity index (χ4n) is 1.47. The Morgan fingerprint density at radius 3 is 2.38 bits per heavy atom. The number of rotatable bonds is 4. The third-order valence-corrected chi connectivity index (χ3v) is 2.55. The minimum absolute atomic E-state index is 0.357. The molecule has 0 saturated heterocycles. The molecule has 90 valence electrons. The van der Waals surface area contributed by atoms with Gasteiger partial charge in [-0.15, -0.1) is 0 Å². The summed E-state index contributed by atoms with van der Waals surface area (Å²) in [6.45, 7) is 9.53. The van der Waals surface area contributed by atoms with Crippen LogP contribution in [-0.4, -0.2) is 22.6 Å². The van der Waals surface area contributed by atoms with E-state index in [9.17, 15) is 0 Å². The van der Waals surface area contributed by atoms with Crippen LogP contribution in [0.1, 0.15) is 27.7 Å². The normalized spacial score (nSPS) is 11.2. The largest absolute Gasteiger partial charge is 0.383 e. The van der Waals surface area contributed by atoms with Crippen LogP contribution in [0.3, 0.4) is 0 Å². The Bertz CT molecular complexity index is 332. The molecule has 0 unspecified atom stereocenters. The minimum Gasteiger partial charge on any atom is -0.383 e. The topological polar surface area (TPSA) is 55.0 Å². The second kappa shape index (κ2) is 5.48. The van der Waals surface area contributed by atoms with Crippen molar-refractivity contribution < 1.29 is 0 Å². The van der Waals surface area contributed by atoms with Crippen molar-refractivity contribution in [3.05, 3.63) is 10.7 Å². The molecule has 0 aliphatic rings. The number of hydrogen-bond donors (Lipinski definition) is 1. The first kappa shape index (κ1) is 13.2. The standard InChI is InChI=1S/C11H19BrN4/c1-7(2)6-16(8(3)4)11-14-9(12)5-10(13)15-11/h5,7-8H,6H2,1-4H3,(H2,13,14,15). The van der Waals surface area contributed by atoms with Gasteiger partial charge in [0.2, 0.25) is 5.95 Å². The molecule has 16 heavy (non-hydrogen) atoms. The number of hydrogen-bond acceptors (Lipinski definition) is 4. The third-order valence-electron chi connectivity index (χ3n) is 2.14. The summed E-state index contributed by atoms with van der Waals surface area (Å²) < 4.78 is 0.726. The van der Waals surface area contributed by atoms with Gasteiger partial charge in [0.25, 0.3) is 0 Å². The van der Waals surface area contributed by atoms with E-state index in [1.807, 2.05) is 0 Å². The van der Waals surface area contributed by atoms with E-state index >= 15 is 0 Å². The SMILES string of the molecule is CC(C)CN(c1nc(N)cc(Br)n1)C(C)C. The van der Waals surface area contributed by atoms with Crippen LogP contribution in [0.4, 0.5) is 11.8 Å². The summed E-state index contributed by atoms with van der Waals surface area (Å²) in [4.78, 5) is 10.8. The van der Waals surface area contributed by atoms with Crippen LogP contribution in [0.25, 0.3) is 0 Å². The lowest BCUT2D eigenvalue weighted by Crippen LogP contribution is -2.35. The molecule has 0 amide bonds. The van der Waals surface area contributed by atoms with Gasteiger partial charge in [0, 0.05) is 18.7 Å². The lowest BCUT2D eigenvalue weighted by atomic mass is 10.2. The van der Waals surface area contributed by atoms with Crippen LogP contribution in [-0.2, 0) is 0 Å². The average Bonchev–Trinajstić information content (AvgIpc) is 2.11. The van der Waals surface area contributed by atoms with E-state index in [1.165, 1.54) is 0 Å². The van der Waals surface area contributed by atoms with Gasteiger partial charge in [-0.3, -0.25) is 0 Å². The molecule has 1 heterocycles. The Labute approximate surface area is 105 Å². The molecule has 0 fully saturated rings. The monoisotopic (exact) mass is 286 g/mol. The summed E-state index contributed by atoms with van der Waals surface area (Å²) >= 11 is 3.34. The highest BCUT2D eigenvalue weighted by molar-refractivity contribution is 9.10. The lowest BCUT2D eigenvalue weighted by molar-refractivity contribution is 0.560. The molecule has 0 saturated carbocycles. The molecule has 0 bridgehead atoms. The summed E-state index contributed by atoms with van der Waals surface area (Å²) in [6.07, 6.45) is 0. The first-order chi connectivity index (χ1) is 7.40. The third kappa shape index (κ3) is 3.63. The Balaban J connectivity index is 3.00. The molecule has 1 rings (SSSR count). The molecule has 0 atom stereocenters. The van der Waals surface area contributed by atoms with Crippen molar-refractivity contribution in [3.63, 3.8) is 0 Å². The van der Waals surface area contributed by atoms with Gasteiger partial charge in [-0.1, -0.05) is 13.8 Å². The summed E-state index contributed by atoms with van der Waals surface area (Å²) in [7, 11) is 0. The van der Waals surface area contributed by atoms with Gasteiger partial charge in [0.15, 0.2) is 0 Å². The van der Waals surface area contributed by atoms with Gasteiger partial charge in [-0.2, -0.15) is 4.98 Å². The predicted octanol–water partition coefficient (Wildman–Crippen LogP) is 2.69. The maximum atomic E-state index is 5.72. The highest BCUT2D eigenvalue weighted by Crippen LogP contribution is 2.18. The van der Waals surface area contributed by atoms with Crippen LogP contribution in [0.2, 0.25) is 0 Å². The van der Waals surface area contributed by atoms with E-state index < -0.39 is 0 Å². The van der Waals surface area contributed by atoms with Crippen molar-refractivity contribution in [1.82, 2.24) is 9.97 Å². The molecule has 4 nitrogen and oxygen atoms in total. The Hall–Kier alpha value is -0.840. The van der Waals surface area contributed by atoms with E-state index in [4.69, 9.17) is 5.73 Å². The smallest absolute Gasteiger partial charge is 0.228 e. The van der Waals surface area contributed by atoms with Crippen LogP contribution in [0.5, 0.6) is 0 Å². The second-order valence-corrected chi connectivity index (χ2v) is 5.37. The fourth-order valence-corrected chi connectivity index (χ4v) is 1.86. The summed E-state index contributed by atoms with van der Waals surface area (Å²) in [5, 5.41) is 0. The van der Waals surface area contributed by atoms with Crippen LogP contribution < -0.4 is 10.6 Å². The van der Waals surface area contributed by atoms with E-state index in [0.717, 1.165) is 11.1 Å². The molecule has 0 spiro atoms. The summed E-state index contributed by atoms with van der Waals surface area (Å²) in [5.74, 6) is 1.74. The van der Waals surface area contributed by atoms with E-state index in [2.05, 4.69) is 58.5 Å². The molecule has 0 radical (unpaired) electrons. The highest BCUT2D eigenvalue weighted by Gasteiger charge is 2.15. The Kier molecular flexibility index (Phi) is 4.53. The van der Waals surface area contributed by atoms with Crippen molar-refractivity contribution in [2.45, 2.75) is 33.7 Å². The number of anilines is 2. The van der Waals surface area contributed by atoms with E-state index in [-0.39, 0.29) is 0 Å². The molecule has 0 aliphatic carbocycles. The molecule has 0 aliphatic heterocycles. The number of nitrogens with two attached hydrogens (primary N) is 1. The molecule has 1 aromatic heterocycles. The van der Waals surface area contributed by atoms with Crippen molar-refractivity contribution >= 4 is 27.7 Å². The van der Waals surface area contributed by atoms with Crippen LogP contribution >= 0.6 is 15.9 Å². The molecule has 2 N–H and O–H groups in total. The highest BCUT2D eigenvalue weighted by atomic mass is 79.9. The summed E-state index contributed by atoms with van der Waals surface area (Å²) in [5.41, 5.74) is 5.72. The van der Waals surface area contributed by atoms with E-state index in [1.54, 1.807) is 6.07 Å². The van der Waals surface area contributed by atoms with Gasteiger partial charge in [0.1, 0.15) is 10.4 Å².